The molecule has 0 spiro atoms. The van der Waals surface area contributed by atoms with Crippen molar-refractivity contribution in [2.45, 2.75) is 19.8 Å². The van der Waals surface area contributed by atoms with Gasteiger partial charge in [0.25, 0.3) is 0 Å². The number of hydrogen-bond acceptors (Lipinski definition) is 2. The van der Waals surface area contributed by atoms with Crippen molar-refractivity contribution < 1.29 is 0 Å². The fourth-order valence-electron chi connectivity index (χ4n) is 3.80. The second-order valence-electron chi connectivity index (χ2n) is 6.38. The molecule has 0 saturated heterocycles. The summed E-state index contributed by atoms with van der Waals surface area (Å²) < 4.78 is 0. The summed E-state index contributed by atoms with van der Waals surface area (Å²) in [4.78, 5) is 0. The van der Waals surface area contributed by atoms with Crippen LogP contribution in [0.2, 0.25) is 0 Å². The second-order valence-corrected chi connectivity index (χ2v) is 6.38. The lowest BCUT2D eigenvalue weighted by molar-refractivity contribution is 0.967. The Morgan fingerprint density at radius 2 is 1.92 bits per heavy atom. The molecule has 0 bridgehead atoms. The molecule has 3 N–H and O–H groups in total. The van der Waals surface area contributed by atoms with Crippen molar-refractivity contribution in [1.29, 1.82) is 0 Å². The summed E-state index contributed by atoms with van der Waals surface area (Å²) in [5, 5.41) is 0. The molecule has 0 atom stereocenters. The Bertz CT molecular complexity index is 906. The lowest BCUT2D eigenvalue weighted by Gasteiger charge is -2.18. The number of nitrogens with two attached hydrogens (primary N) is 1. The van der Waals surface area contributed by atoms with Crippen molar-refractivity contribution in [2.24, 2.45) is 5.84 Å². The molecule has 0 aromatic heterocycles. The average molecular weight is 311 g/mol. The summed E-state index contributed by atoms with van der Waals surface area (Å²) in [6, 6.07) is 10.6. The molecule has 4 rings (SSSR count). The first kappa shape index (κ1) is 15.0. The Balaban J connectivity index is 1.92. The third kappa shape index (κ3) is 2.16. The van der Waals surface area contributed by atoms with Crippen molar-refractivity contribution in [1.82, 2.24) is 0 Å². The van der Waals surface area contributed by atoms with Crippen LogP contribution in [0.25, 0.3) is 22.8 Å². The number of anilines is 1. The van der Waals surface area contributed by atoms with Crippen LogP contribution in [0.3, 0.4) is 0 Å². The number of hydrogen-bond donors (Lipinski definition) is 2. The Labute approximate surface area is 144 Å². The highest BCUT2D eigenvalue weighted by Gasteiger charge is 2.25. The molecular weight excluding hydrogens is 291 g/mol. The lowest BCUT2D eigenvalue weighted by atomic mass is 9.64. The molecule has 2 aromatic carbocycles. The molecule has 0 amide bonds. The molecule has 0 fully saturated rings. The third-order valence-electron chi connectivity index (χ3n) is 5.05. The van der Waals surface area contributed by atoms with E-state index in [9.17, 15) is 0 Å². The van der Waals surface area contributed by atoms with Crippen LogP contribution in [0, 0.1) is 0 Å². The van der Waals surface area contributed by atoms with Crippen LogP contribution in [-0.4, -0.2) is 7.28 Å². The van der Waals surface area contributed by atoms with Crippen molar-refractivity contribution in [3.8, 4) is 11.1 Å². The zero-order valence-corrected chi connectivity index (χ0v) is 13.9. The number of nitrogens with one attached hydrogen (secondary N) is 1. The van der Waals surface area contributed by atoms with Gasteiger partial charge < -0.3 is 5.43 Å². The Hall–Kier alpha value is -2.52. The van der Waals surface area contributed by atoms with E-state index in [0.717, 1.165) is 24.0 Å². The van der Waals surface area contributed by atoms with Crippen molar-refractivity contribution in [2.75, 3.05) is 5.43 Å². The van der Waals surface area contributed by atoms with E-state index in [1.54, 1.807) is 0 Å². The quantitative estimate of drug-likeness (QED) is 0.442. The molecule has 0 unspecified atom stereocenters. The normalized spacial score (nSPS) is 14.9. The molecule has 1 aliphatic carbocycles. The number of nitrogen functional groups attached to an aromatic ring is 1. The highest BCUT2D eigenvalue weighted by molar-refractivity contribution is 6.75. The zero-order chi connectivity index (χ0) is 16.7. The van der Waals surface area contributed by atoms with Gasteiger partial charge in [0.1, 0.15) is 0 Å². The minimum absolute atomic E-state index is 0.952. The molecule has 117 valence electrons. The van der Waals surface area contributed by atoms with Crippen molar-refractivity contribution >= 4 is 35.5 Å². The minimum Gasteiger partial charge on any atom is -0.325 e. The van der Waals surface area contributed by atoms with Crippen molar-refractivity contribution in [3.63, 3.8) is 0 Å². The maximum absolute atomic E-state index is 5.69. The lowest BCUT2D eigenvalue weighted by Crippen LogP contribution is -2.28. The van der Waals surface area contributed by atoms with Gasteiger partial charge >= 0.3 is 0 Å². The van der Waals surface area contributed by atoms with Gasteiger partial charge in [0, 0.05) is 5.69 Å². The minimum atomic E-state index is 0.952. The standard InChI is InChI=1S/C21H20BN2/c1-3-14-16(15-8-5-4-7-13(15)2)11-12-18-17-9-6-10-19(24-23)21(17)22-20(14)18/h3,5-6,8-12,24H,1,4,7,23H2,2H3. The predicted octanol–water partition coefficient (Wildman–Crippen LogP) is 3.37. The SMILES string of the molecule is C=Cc1c(C2=C(C)CCC=C2)ccc2c1[B]c1c(NN)cccc1-2. The molecule has 1 heterocycles. The van der Waals surface area contributed by atoms with E-state index in [-0.39, 0.29) is 0 Å². The maximum atomic E-state index is 5.69. The van der Waals surface area contributed by atoms with Gasteiger partial charge in [-0.05, 0) is 59.1 Å². The van der Waals surface area contributed by atoms with Crippen LogP contribution in [0.4, 0.5) is 5.69 Å². The Morgan fingerprint density at radius 3 is 2.67 bits per heavy atom. The molecule has 1 radical (unpaired) electrons. The molecule has 2 nitrogen and oxygen atoms in total. The van der Waals surface area contributed by atoms with Crippen LogP contribution >= 0.6 is 0 Å². The Morgan fingerprint density at radius 1 is 1.12 bits per heavy atom. The summed E-state index contributed by atoms with van der Waals surface area (Å²) in [5.74, 6) is 5.69. The highest BCUT2D eigenvalue weighted by Crippen LogP contribution is 2.33. The highest BCUT2D eigenvalue weighted by atomic mass is 15.2. The van der Waals surface area contributed by atoms with E-state index in [0.29, 0.717) is 0 Å². The topological polar surface area (TPSA) is 38.0 Å². The summed E-state index contributed by atoms with van der Waals surface area (Å²) in [7, 11) is 2.23. The number of hydrazine groups is 1. The monoisotopic (exact) mass is 311 g/mol. The molecule has 1 aliphatic heterocycles. The summed E-state index contributed by atoms with van der Waals surface area (Å²) >= 11 is 0. The summed E-state index contributed by atoms with van der Waals surface area (Å²) in [6.45, 7) is 6.32. The van der Waals surface area contributed by atoms with Gasteiger partial charge in [0.05, 0.1) is 0 Å². The van der Waals surface area contributed by atoms with E-state index >= 15 is 0 Å². The predicted molar refractivity (Wildman–Crippen MR) is 106 cm³/mol. The Kier molecular flexibility index (Phi) is 3.66. The van der Waals surface area contributed by atoms with Gasteiger partial charge in [-0.2, -0.15) is 0 Å². The van der Waals surface area contributed by atoms with Crippen LogP contribution in [0.5, 0.6) is 0 Å². The molecule has 0 saturated carbocycles. The summed E-state index contributed by atoms with van der Waals surface area (Å²) in [6.07, 6.45) is 8.76. The van der Waals surface area contributed by atoms with E-state index in [1.165, 1.54) is 38.9 Å². The first-order valence-corrected chi connectivity index (χ1v) is 8.35. The van der Waals surface area contributed by atoms with Crippen LogP contribution in [-0.2, 0) is 0 Å². The van der Waals surface area contributed by atoms with Crippen LogP contribution in [0.1, 0.15) is 30.9 Å². The number of fused-ring (bicyclic) bond motifs is 3. The number of benzene rings is 2. The molecule has 24 heavy (non-hydrogen) atoms. The molecular formula is C21H20BN2. The van der Waals surface area contributed by atoms with Crippen molar-refractivity contribution in [3.05, 3.63) is 65.8 Å². The molecule has 2 aliphatic rings. The first-order chi connectivity index (χ1) is 11.7. The molecule has 2 aromatic rings. The number of allylic oxidation sites excluding steroid dienone is 4. The van der Waals surface area contributed by atoms with Crippen LogP contribution < -0.4 is 22.2 Å². The number of rotatable bonds is 3. The average Bonchev–Trinajstić information content (AvgIpc) is 3.00. The largest absolute Gasteiger partial charge is 0.325 e. The van der Waals surface area contributed by atoms with E-state index in [4.69, 9.17) is 5.84 Å². The van der Waals surface area contributed by atoms with Crippen LogP contribution in [0.15, 0.2) is 54.6 Å². The second kappa shape index (κ2) is 5.84. The maximum Gasteiger partial charge on any atom is 0.196 e. The smallest absolute Gasteiger partial charge is 0.196 e. The van der Waals surface area contributed by atoms with Gasteiger partial charge in [-0.25, -0.2) is 0 Å². The van der Waals surface area contributed by atoms with Gasteiger partial charge in [-0.3, -0.25) is 5.84 Å². The van der Waals surface area contributed by atoms with E-state index in [2.05, 4.69) is 56.6 Å². The van der Waals surface area contributed by atoms with Gasteiger partial charge in [0.2, 0.25) is 0 Å². The summed E-state index contributed by atoms with van der Waals surface area (Å²) in [5.41, 5.74) is 13.9. The fourth-order valence-corrected chi connectivity index (χ4v) is 3.80. The zero-order valence-electron chi connectivity index (χ0n) is 13.9. The van der Waals surface area contributed by atoms with E-state index < -0.39 is 0 Å². The molecule has 3 heteroatoms. The third-order valence-corrected chi connectivity index (χ3v) is 5.05. The fraction of sp³-hybridized carbons (Fsp3) is 0.143. The first-order valence-electron chi connectivity index (χ1n) is 8.35. The van der Waals surface area contributed by atoms with Gasteiger partial charge in [0.15, 0.2) is 7.28 Å². The van der Waals surface area contributed by atoms with Gasteiger partial charge in [-0.15, -0.1) is 0 Å². The van der Waals surface area contributed by atoms with Gasteiger partial charge in [-0.1, -0.05) is 60.1 Å². The van der Waals surface area contributed by atoms with E-state index in [1.807, 2.05) is 18.2 Å².